The van der Waals surface area contributed by atoms with Crippen molar-refractivity contribution in [2.45, 2.75) is 0 Å². The summed E-state index contributed by atoms with van der Waals surface area (Å²) in [6.07, 6.45) is 0. The summed E-state index contributed by atoms with van der Waals surface area (Å²) in [5.74, 6) is 2.41. The van der Waals surface area contributed by atoms with Crippen LogP contribution in [-0.4, -0.2) is 24.9 Å². The Labute approximate surface area is 375 Å². The molecule has 0 saturated carbocycles. The molecule has 3 heterocycles. The van der Waals surface area contributed by atoms with Crippen LogP contribution in [-0.2, 0) is 0 Å². The predicted molar refractivity (Wildman–Crippen MR) is 264 cm³/mol. The van der Waals surface area contributed by atoms with Crippen LogP contribution >= 0.6 is 0 Å². The van der Waals surface area contributed by atoms with Crippen LogP contribution in [0.4, 0.5) is 0 Å². The molecule has 9 aromatic carbocycles. The van der Waals surface area contributed by atoms with Crippen molar-refractivity contribution in [3.05, 3.63) is 224 Å². The lowest BCUT2D eigenvalue weighted by molar-refractivity contribution is 0.669. The van der Waals surface area contributed by atoms with Gasteiger partial charge in [0.15, 0.2) is 23.3 Å². The van der Waals surface area contributed by atoms with Gasteiger partial charge in [0, 0.05) is 44.2 Å². The molecule has 3 aromatic heterocycles. The molecule has 12 aromatic rings. The second-order valence-electron chi connectivity index (χ2n) is 16.1. The zero-order chi connectivity index (χ0) is 43.1. The Morgan fingerprint density at radius 3 is 1.22 bits per heavy atom. The largest absolute Gasteiger partial charge is 0.456 e. The van der Waals surface area contributed by atoms with Crippen molar-refractivity contribution in [1.29, 1.82) is 0 Å². The fourth-order valence-electron chi connectivity index (χ4n) is 8.60. The molecule has 12 rings (SSSR count). The summed E-state index contributed by atoms with van der Waals surface area (Å²) in [6.45, 7) is 0. The first-order valence-electron chi connectivity index (χ1n) is 21.6. The lowest BCUT2D eigenvalue weighted by atomic mass is 9.98. The van der Waals surface area contributed by atoms with E-state index in [0.29, 0.717) is 23.3 Å². The van der Waals surface area contributed by atoms with E-state index in [4.69, 9.17) is 29.3 Å². The van der Waals surface area contributed by atoms with Crippen molar-refractivity contribution < 1.29 is 4.42 Å². The maximum absolute atomic E-state index is 6.46. The first-order chi connectivity index (χ1) is 32.1. The Morgan fingerprint density at radius 2 is 0.631 bits per heavy atom. The summed E-state index contributed by atoms with van der Waals surface area (Å²) >= 11 is 0. The molecule has 0 atom stereocenters. The van der Waals surface area contributed by atoms with Gasteiger partial charge in [-0.1, -0.05) is 176 Å². The molecule has 0 amide bonds. The highest BCUT2D eigenvalue weighted by molar-refractivity contribution is 6.10. The average Bonchev–Trinajstić information content (AvgIpc) is 3.75. The highest BCUT2D eigenvalue weighted by atomic mass is 16.3. The summed E-state index contributed by atoms with van der Waals surface area (Å²) in [4.78, 5) is 25.5. The first-order valence-corrected chi connectivity index (χ1v) is 21.6. The maximum Gasteiger partial charge on any atom is 0.164 e. The SMILES string of the molecule is c1ccc(-c2cccc(-c3cc(-c4cccc(-c5cccc(-c6nc(-c7ccccc7)nc(-c7ccc8c(c7)oc7cc9ccccc9cc78)n6)c5)c4)nc(-c4ccccc4)n3)c2)cc1. The summed E-state index contributed by atoms with van der Waals surface area (Å²) in [5, 5.41) is 4.45. The van der Waals surface area contributed by atoms with E-state index in [1.807, 2.05) is 60.7 Å². The summed E-state index contributed by atoms with van der Waals surface area (Å²) in [7, 11) is 0. The molecule has 0 bridgehead atoms. The Bertz CT molecular complexity index is 3720. The van der Waals surface area contributed by atoms with Gasteiger partial charge in [-0.15, -0.1) is 0 Å². The third kappa shape index (κ3) is 7.39. The second-order valence-corrected chi connectivity index (χ2v) is 16.1. The van der Waals surface area contributed by atoms with E-state index in [1.165, 1.54) is 5.39 Å². The smallest absolute Gasteiger partial charge is 0.164 e. The van der Waals surface area contributed by atoms with Crippen molar-refractivity contribution >= 4 is 32.7 Å². The van der Waals surface area contributed by atoms with Crippen LogP contribution in [0.25, 0.3) is 123 Å². The van der Waals surface area contributed by atoms with E-state index in [1.54, 1.807) is 0 Å². The van der Waals surface area contributed by atoms with Gasteiger partial charge in [0.05, 0.1) is 11.4 Å². The van der Waals surface area contributed by atoms with Gasteiger partial charge < -0.3 is 4.42 Å². The van der Waals surface area contributed by atoms with Gasteiger partial charge in [-0.2, -0.15) is 0 Å². The number of aromatic nitrogens is 5. The van der Waals surface area contributed by atoms with Gasteiger partial charge in [-0.25, -0.2) is 24.9 Å². The van der Waals surface area contributed by atoms with Crippen LogP contribution in [0, 0.1) is 0 Å². The van der Waals surface area contributed by atoms with Crippen LogP contribution in [0.2, 0.25) is 0 Å². The summed E-state index contributed by atoms with van der Waals surface area (Å²) in [6, 6.07) is 77.1. The lowest BCUT2D eigenvalue weighted by Gasteiger charge is -2.12. The van der Waals surface area contributed by atoms with Crippen LogP contribution in [0.3, 0.4) is 0 Å². The molecule has 0 aliphatic carbocycles. The van der Waals surface area contributed by atoms with E-state index in [-0.39, 0.29) is 0 Å². The number of furan rings is 1. The minimum absolute atomic E-state index is 0.567. The monoisotopic (exact) mass is 831 g/mol. The van der Waals surface area contributed by atoms with Crippen molar-refractivity contribution in [2.24, 2.45) is 0 Å². The molecular weight excluding hydrogens is 795 g/mol. The van der Waals surface area contributed by atoms with E-state index in [9.17, 15) is 0 Å². The van der Waals surface area contributed by atoms with Gasteiger partial charge >= 0.3 is 0 Å². The standard InChI is InChI=1S/C59H37N5O/c1-4-15-38(16-5-1)41-23-12-26-46(31-41)52-37-53(61-56(60-52)39-17-6-2-7-18-39)47-27-13-24-42(32-47)43-25-14-28-48(33-43)58-62-57(40-19-8-3-9-20-40)63-59(64-58)49-29-30-50-51-34-44-21-10-11-22-45(44)35-55(51)65-54(50)36-49/h1-37H. The fourth-order valence-corrected chi connectivity index (χ4v) is 8.60. The van der Waals surface area contributed by atoms with E-state index in [0.717, 1.165) is 94.3 Å². The quantitative estimate of drug-likeness (QED) is 0.152. The number of nitrogens with zero attached hydrogens (tertiary/aromatic N) is 5. The zero-order valence-corrected chi connectivity index (χ0v) is 35.0. The van der Waals surface area contributed by atoms with Gasteiger partial charge in [0.1, 0.15) is 11.2 Å². The van der Waals surface area contributed by atoms with Crippen LogP contribution in [0.1, 0.15) is 0 Å². The van der Waals surface area contributed by atoms with Crippen molar-refractivity contribution in [2.75, 3.05) is 0 Å². The number of benzene rings is 9. The molecule has 0 aliphatic heterocycles. The summed E-state index contributed by atoms with van der Waals surface area (Å²) in [5.41, 5.74) is 13.3. The number of hydrogen-bond acceptors (Lipinski definition) is 6. The Morgan fingerprint density at radius 1 is 0.231 bits per heavy atom. The average molecular weight is 832 g/mol. The Balaban J connectivity index is 0.933. The topological polar surface area (TPSA) is 77.6 Å². The third-order valence-corrected chi connectivity index (χ3v) is 11.9. The van der Waals surface area contributed by atoms with Crippen molar-refractivity contribution in [3.63, 3.8) is 0 Å². The molecule has 0 unspecified atom stereocenters. The van der Waals surface area contributed by atoms with Gasteiger partial charge in [0.2, 0.25) is 0 Å². The number of rotatable bonds is 8. The number of hydrogen-bond donors (Lipinski definition) is 0. The second kappa shape index (κ2) is 16.1. The molecule has 0 aliphatic rings. The lowest BCUT2D eigenvalue weighted by Crippen LogP contribution is -2.00. The minimum Gasteiger partial charge on any atom is -0.456 e. The molecule has 0 fully saturated rings. The zero-order valence-electron chi connectivity index (χ0n) is 35.0. The first kappa shape index (κ1) is 37.9. The third-order valence-electron chi connectivity index (χ3n) is 11.9. The minimum atomic E-state index is 0.567. The summed E-state index contributed by atoms with van der Waals surface area (Å²) < 4.78 is 6.46. The molecule has 6 heteroatoms. The van der Waals surface area contributed by atoms with Gasteiger partial charge in [-0.05, 0) is 81.6 Å². The molecule has 0 N–H and O–H groups in total. The normalized spacial score (nSPS) is 11.4. The number of fused-ring (bicyclic) bond motifs is 4. The predicted octanol–water partition coefficient (Wildman–Crippen LogP) is 15.1. The molecule has 6 nitrogen and oxygen atoms in total. The van der Waals surface area contributed by atoms with Gasteiger partial charge in [-0.3, -0.25) is 0 Å². The molecular formula is C59H37N5O. The molecule has 65 heavy (non-hydrogen) atoms. The van der Waals surface area contributed by atoms with E-state index >= 15 is 0 Å². The molecule has 0 radical (unpaired) electrons. The maximum atomic E-state index is 6.46. The van der Waals surface area contributed by atoms with Gasteiger partial charge in [0.25, 0.3) is 0 Å². The molecule has 0 spiro atoms. The van der Waals surface area contributed by atoms with Crippen molar-refractivity contribution in [3.8, 4) is 90.3 Å². The van der Waals surface area contributed by atoms with Crippen LogP contribution in [0.15, 0.2) is 229 Å². The van der Waals surface area contributed by atoms with E-state index < -0.39 is 0 Å². The highest BCUT2D eigenvalue weighted by Crippen LogP contribution is 2.36. The van der Waals surface area contributed by atoms with Crippen molar-refractivity contribution in [1.82, 2.24) is 24.9 Å². The Hall–Kier alpha value is -8.87. The van der Waals surface area contributed by atoms with E-state index in [2.05, 4.69) is 164 Å². The fraction of sp³-hybridized carbons (Fsp3) is 0. The molecule has 304 valence electrons. The highest BCUT2D eigenvalue weighted by Gasteiger charge is 2.17. The van der Waals surface area contributed by atoms with Crippen LogP contribution < -0.4 is 0 Å². The molecule has 0 saturated heterocycles. The Kier molecular flexibility index (Phi) is 9.38. The van der Waals surface area contributed by atoms with Crippen LogP contribution in [0.5, 0.6) is 0 Å².